The summed E-state index contributed by atoms with van der Waals surface area (Å²) in [6, 6.07) is -1.77. The summed E-state index contributed by atoms with van der Waals surface area (Å²) in [5, 5.41) is 11.4. The predicted molar refractivity (Wildman–Crippen MR) is 66.1 cm³/mol. The molecule has 2 fully saturated rings. The number of nitrogens with one attached hydrogen (secondary N) is 1. The van der Waals surface area contributed by atoms with Gasteiger partial charge in [-0.1, -0.05) is 0 Å². The van der Waals surface area contributed by atoms with Crippen LogP contribution in [0.5, 0.6) is 0 Å². The zero-order valence-corrected chi connectivity index (χ0v) is 11.2. The second kappa shape index (κ2) is 6.08. The Morgan fingerprint density at radius 1 is 1.35 bits per heavy atom. The Labute approximate surface area is 116 Å². The van der Waals surface area contributed by atoms with Gasteiger partial charge in [0, 0.05) is 13.1 Å². The van der Waals surface area contributed by atoms with Gasteiger partial charge in [-0.3, -0.25) is 4.79 Å². The number of esters is 1. The molecule has 20 heavy (non-hydrogen) atoms. The molecular weight excluding hydrogens is 268 g/mol. The van der Waals surface area contributed by atoms with Crippen LogP contribution in [0.2, 0.25) is 0 Å². The first-order valence-corrected chi connectivity index (χ1v) is 6.50. The van der Waals surface area contributed by atoms with Crippen molar-refractivity contribution in [2.24, 2.45) is 0 Å². The van der Waals surface area contributed by atoms with Gasteiger partial charge in [0.15, 0.2) is 0 Å². The van der Waals surface area contributed by atoms with Crippen molar-refractivity contribution < 1.29 is 29.0 Å². The van der Waals surface area contributed by atoms with E-state index in [0.29, 0.717) is 13.1 Å². The van der Waals surface area contributed by atoms with Crippen molar-refractivity contribution in [1.82, 2.24) is 10.2 Å². The van der Waals surface area contributed by atoms with E-state index >= 15 is 0 Å². The third-order valence-electron chi connectivity index (χ3n) is 3.53. The van der Waals surface area contributed by atoms with Gasteiger partial charge < -0.3 is 24.8 Å². The number of urea groups is 1. The molecule has 2 amide bonds. The third kappa shape index (κ3) is 3.38. The SMILES string of the molecule is COC(=O)C[C@H](NC(=O)N1CC2CCC(C1)O2)C(=O)O. The molecule has 2 aliphatic heterocycles. The van der Waals surface area contributed by atoms with E-state index in [1.165, 1.54) is 7.11 Å². The highest BCUT2D eigenvalue weighted by Gasteiger charge is 2.36. The number of morpholine rings is 1. The Bertz CT molecular complexity index is 401. The number of hydrogen-bond acceptors (Lipinski definition) is 5. The lowest BCUT2D eigenvalue weighted by atomic mass is 10.2. The second-order valence-electron chi connectivity index (χ2n) is 4.98. The zero-order chi connectivity index (χ0) is 14.7. The molecule has 0 aromatic heterocycles. The van der Waals surface area contributed by atoms with Crippen molar-refractivity contribution in [2.75, 3.05) is 20.2 Å². The number of aliphatic carboxylic acids is 1. The van der Waals surface area contributed by atoms with Crippen molar-refractivity contribution in [2.45, 2.75) is 37.5 Å². The van der Waals surface area contributed by atoms with Gasteiger partial charge in [-0.2, -0.15) is 0 Å². The molecule has 0 aromatic rings. The Kier molecular flexibility index (Phi) is 4.43. The molecule has 0 aliphatic carbocycles. The van der Waals surface area contributed by atoms with Crippen LogP contribution in [0.25, 0.3) is 0 Å². The third-order valence-corrected chi connectivity index (χ3v) is 3.53. The van der Waals surface area contributed by atoms with E-state index in [1.807, 2.05) is 0 Å². The molecule has 8 nitrogen and oxygen atoms in total. The van der Waals surface area contributed by atoms with Crippen molar-refractivity contribution in [3.8, 4) is 0 Å². The van der Waals surface area contributed by atoms with Crippen LogP contribution in [0.4, 0.5) is 4.79 Å². The summed E-state index contributed by atoms with van der Waals surface area (Å²) in [4.78, 5) is 35.8. The standard InChI is InChI=1S/C12H18N2O6/c1-19-10(15)4-9(11(16)17)13-12(18)14-5-7-2-3-8(6-14)20-7/h7-9H,2-6H2,1H3,(H,13,18)(H,16,17)/t7?,8?,9-/m0/s1. The molecule has 2 heterocycles. The van der Waals surface area contributed by atoms with Gasteiger partial charge in [0.25, 0.3) is 0 Å². The average Bonchev–Trinajstić information content (AvgIpc) is 2.76. The first kappa shape index (κ1) is 14.6. The molecule has 8 heteroatoms. The van der Waals surface area contributed by atoms with Crippen molar-refractivity contribution in [3.63, 3.8) is 0 Å². The Morgan fingerprint density at radius 2 is 1.95 bits per heavy atom. The van der Waals surface area contributed by atoms with Gasteiger partial charge in [0.05, 0.1) is 25.7 Å². The average molecular weight is 286 g/mol. The summed E-state index contributed by atoms with van der Waals surface area (Å²) in [7, 11) is 1.17. The minimum absolute atomic E-state index is 0.0309. The largest absolute Gasteiger partial charge is 0.480 e. The van der Waals surface area contributed by atoms with Gasteiger partial charge in [-0.15, -0.1) is 0 Å². The van der Waals surface area contributed by atoms with Crippen LogP contribution in [0.1, 0.15) is 19.3 Å². The molecule has 3 atom stereocenters. The van der Waals surface area contributed by atoms with Crippen molar-refractivity contribution in [3.05, 3.63) is 0 Å². The topological polar surface area (TPSA) is 105 Å². The van der Waals surface area contributed by atoms with Crippen LogP contribution >= 0.6 is 0 Å². The van der Waals surface area contributed by atoms with Crippen LogP contribution in [0.3, 0.4) is 0 Å². The lowest BCUT2D eigenvalue weighted by Crippen LogP contribution is -2.53. The van der Waals surface area contributed by atoms with Gasteiger partial charge in [-0.25, -0.2) is 9.59 Å². The highest BCUT2D eigenvalue weighted by atomic mass is 16.5. The molecule has 2 unspecified atom stereocenters. The summed E-state index contributed by atoms with van der Waals surface area (Å²) in [5.41, 5.74) is 0. The maximum atomic E-state index is 12.0. The number of amides is 2. The maximum Gasteiger partial charge on any atom is 0.326 e. The van der Waals surface area contributed by atoms with Crippen molar-refractivity contribution in [1.29, 1.82) is 0 Å². The van der Waals surface area contributed by atoms with Crippen molar-refractivity contribution >= 4 is 18.0 Å². The van der Waals surface area contributed by atoms with Gasteiger partial charge in [0.2, 0.25) is 0 Å². The van der Waals surface area contributed by atoms with Crippen LogP contribution in [-0.2, 0) is 19.1 Å². The summed E-state index contributed by atoms with van der Waals surface area (Å²) < 4.78 is 10.0. The molecule has 0 spiro atoms. The molecule has 2 N–H and O–H groups in total. The van der Waals surface area contributed by atoms with Gasteiger partial charge in [-0.05, 0) is 12.8 Å². The number of carboxylic acids is 1. The quantitative estimate of drug-likeness (QED) is 0.680. The first-order chi connectivity index (χ1) is 9.49. The van der Waals surface area contributed by atoms with E-state index in [4.69, 9.17) is 9.84 Å². The summed E-state index contributed by atoms with van der Waals surface area (Å²) in [5.74, 6) is -1.94. The van der Waals surface area contributed by atoms with E-state index in [1.54, 1.807) is 4.90 Å². The number of carbonyl (C=O) groups excluding carboxylic acids is 2. The molecule has 2 saturated heterocycles. The van der Waals surface area contributed by atoms with Crippen LogP contribution in [0.15, 0.2) is 0 Å². The highest BCUT2D eigenvalue weighted by Crippen LogP contribution is 2.26. The Hall–Kier alpha value is -1.83. The summed E-state index contributed by atoms with van der Waals surface area (Å²) in [6.45, 7) is 0.903. The molecule has 2 aliphatic rings. The Balaban J connectivity index is 1.91. The minimum atomic E-state index is -1.28. The number of likely N-dealkylation sites (tertiary alicyclic amines) is 1. The fraction of sp³-hybridized carbons (Fsp3) is 0.750. The van der Waals surface area contributed by atoms with E-state index in [2.05, 4.69) is 10.1 Å². The molecule has 0 saturated carbocycles. The van der Waals surface area contributed by atoms with E-state index in [0.717, 1.165) is 12.8 Å². The number of methoxy groups -OCH3 is 1. The molecule has 2 bridgehead atoms. The Morgan fingerprint density at radius 3 is 2.45 bits per heavy atom. The number of carbonyl (C=O) groups is 3. The number of rotatable bonds is 4. The number of fused-ring (bicyclic) bond motifs is 2. The van der Waals surface area contributed by atoms with Gasteiger partial charge >= 0.3 is 18.0 Å². The summed E-state index contributed by atoms with van der Waals surface area (Å²) in [6.07, 6.45) is 1.50. The number of nitrogens with zero attached hydrogens (tertiary/aromatic N) is 1. The molecule has 2 rings (SSSR count). The normalized spacial score (nSPS) is 25.9. The predicted octanol–water partition coefficient (Wildman–Crippen LogP) is -0.424. The van der Waals surface area contributed by atoms with E-state index in [-0.39, 0.29) is 12.2 Å². The van der Waals surface area contributed by atoms with E-state index in [9.17, 15) is 14.4 Å². The van der Waals surface area contributed by atoms with Gasteiger partial charge in [0.1, 0.15) is 6.04 Å². The minimum Gasteiger partial charge on any atom is -0.480 e. The number of ether oxygens (including phenoxy) is 2. The lowest BCUT2D eigenvalue weighted by molar-refractivity contribution is -0.147. The van der Waals surface area contributed by atoms with Crippen LogP contribution in [0, 0.1) is 0 Å². The summed E-state index contributed by atoms with van der Waals surface area (Å²) >= 11 is 0. The zero-order valence-electron chi connectivity index (χ0n) is 11.2. The molecule has 112 valence electrons. The van der Waals surface area contributed by atoms with E-state index < -0.39 is 30.4 Å². The highest BCUT2D eigenvalue weighted by molar-refractivity contribution is 5.86. The number of carboxylic acid groups (broad SMARTS) is 1. The second-order valence-corrected chi connectivity index (χ2v) is 4.98. The molecule has 0 radical (unpaired) electrons. The number of hydrogen-bond donors (Lipinski definition) is 2. The smallest absolute Gasteiger partial charge is 0.326 e. The fourth-order valence-electron chi connectivity index (χ4n) is 2.47. The maximum absolute atomic E-state index is 12.0. The van der Waals surface area contributed by atoms with Crippen LogP contribution in [-0.4, -0.2) is 66.4 Å². The monoisotopic (exact) mass is 286 g/mol. The molecular formula is C12H18N2O6. The lowest BCUT2D eigenvalue weighted by Gasteiger charge is -2.32. The fourth-order valence-corrected chi connectivity index (χ4v) is 2.47. The molecule has 0 aromatic carbocycles. The van der Waals surface area contributed by atoms with Crippen LogP contribution < -0.4 is 5.32 Å². The first-order valence-electron chi connectivity index (χ1n) is 6.50.